The molecule has 0 bridgehead atoms. The lowest BCUT2D eigenvalue weighted by molar-refractivity contribution is -0.115. The van der Waals surface area contributed by atoms with E-state index in [0.29, 0.717) is 11.6 Å². The van der Waals surface area contributed by atoms with Crippen LogP contribution in [0.1, 0.15) is 56.2 Å². The van der Waals surface area contributed by atoms with E-state index in [1.165, 1.54) is 0 Å². The van der Waals surface area contributed by atoms with E-state index in [-0.39, 0.29) is 36.4 Å². The van der Waals surface area contributed by atoms with Crippen molar-refractivity contribution in [3.05, 3.63) is 29.3 Å². The third-order valence-electron chi connectivity index (χ3n) is 4.50. The third kappa shape index (κ3) is 5.32. The Morgan fingerprint density at radius 3 is 2.85 bits per heavy atom. The number of nitrogens with zero attached hydrogens (tertiary/aromatic N) is 2. The summed E-state index contributed by atoms with van der Waals surface area (Å²) < 4.78 is 5.05. The molecule has 9 heteroatoms. The van der Waals surface area contributed by atoms with Crippen molar-refractivity contribution in [3.63, 3.8) is 0 Å². The fourth-order valence-electron chi connectivity index (χ4n) is 3.34. The molecular weight excluding hydrogens is 348 g/mol. The first kappa shape index (κ1) is 18.9. The number of hydrogen-bond donors (Lipinski definition) is 4. The number of nitrogens with one attached hydrogen (secondary N) is 4. The highest BCUT2D eigenvalue weighted by molar-refractivity contribution is 5.91. The largest absolute Gasteiger partial charge is 0.361 e. The Hall–Kier alpha value is -2.84. The van der Waals surface area contributed by atoms with E-state index in [1.54, 1.807) is 13.0 Å². The molecular formula is C18H26N6O3. The Labute approximate surface area is 157 Å². The van der Waals surface area contributed by atoms with Crippen LogP contribution in [0.3, 0.4) is 0 Å². The minimum absolute atomic E-state index is 0.113. The van der Waals surface area contributed by atoms with Crippen molar-refractivity contribution in [2.75, 3.05) is 5.32 Å². The van der Waals surface area contributed by atoms with Gasteiger partial charge in [-0.3, -0.25) is 9.89 Å². The molecule has 4 N–H and O–H groups in total. The number of anilines is 1. The van der Waals surface area contributed by atoms with Crippen molar-refractivity contribution in [3.8, 4) is 0 Å². The van der Waals surface area contributed by atoms with Crippen LogP contribution in [0.5, 0.6) is 0 Å². The summed E-state index contributed by atoms with van der Waals surface area (Å²) >= 11 is 0. The second-order valence-electron chi connectivity index (χ2n) is 7.35. The number of aromatic nitrogens is 3. The topological polar surface area (TPSA) is 125 Å². The highest BCUT2D eigenvalue weighted by Gasteiger charge is 2.28. The van der Waals surface area contributed by atoms with Crippen LogP contribution >= 0.6 is 0 Å². The van der Waals surface area contributed by atoms with Gasteiger partial charge in [0.2, 0.25) is 5.91 Å². The quantitative estimate of drug-likeness (QED) is 0.617. The highest BCUT2D eigenvalue weighted by Crippen LogP contribution is 2.34. The van der Waals surface area contributed by atoms with Gasteiger partial charge in [-0.15, -0.1) is 0 Å². The summed E-state index contributed by atoms with van der Waals surface area (Å²) in [6.45, 7) is 5.67. The fourth-order valence-corrected chi connectivity index (χ4v) is 3.34. The molecule has 1 aliphatic rings. The number of aromatic amines is 1. The van der Waals surface area contributed by atoms with Crippen LogP contribution in [-0.2, 0) is 11.2 Å². The Balaban J connectivity index is 1.49. The second-order valence-corrected chi connectivity index (χ2v) is 7.35. The van der Waals surface area contributed by atoms with Gasteiger partial charge in [-0.05, 0) is 40.0 Å². The first-order valence-electron chi connectivity index (χ1n) is 9.23. The van der Waals surface area contributed by atoms with E-state index in [2.05, 4.69) is 31.3 Å². The molecule has 146 valence electrons. The molecule has 0 aromatic carbocycles. The number of hydrogen-bond acceptors (Lipinski definition) is 5. The van der Waals surface area contributed by atoms with Crippen LogP contribution in [0.15, 0.2) is 16.7 Å². The zero-order chi connectivity index (χ0) is 19.4. The Kier molecular flexibility index (Phi) is 5.78. The highest BCUT2D eigenvalue weighted by atomic mass is 16.5. The fraction of sp³-hybridized carbons (Fsp3) is 0.556. The number of amides is 3. The first-order valence-corrected chi connectivity index (χ1v) is 9.23. The molecule has 1 aliphatic carbocycles. The summed E-state index contributed by atoms with van der Waals surface area (Å²) in [6.07, 6.45) is 2.84. The average molecular weight is 374 g/mol. The molecule has 2 aromatic heterocycles. The number of H-pyrrole nitrogens is 1. The van der Waals surface area contributed by atoms with Crippen molar-refractivity contribution in [2.45, 2.75) is 64.5 Å². The molecule has 2 aromatic rings. The molecule has 1 saturated carbocycles. The summed E-state index contributed by atoms with van der Waals surface area (Å²) in [4.78, 5) is 23.9. The maximum Gasteiger partial charge on any atom is 0.315 e. The van der Waals surface area contributed by atoms with E-state index >= 15 is 0 Å². The van der Waals surface area contributed by atoms with Crippen molar-refractivity contribution in [1.29, 1.82) is 0 Å². The van der Waals surface area contributed by atoms with Crippen molar-refractivity contribution < 1.29 is 14.1 Å². The molecule has 3 amide bonds. The summed E-state index contributed by atoms with van der Waals surface area (Å²) in [5.74, 6) is 1.08. The molecule has 0 saturated heterocycles. The average Bonchev–Trinajstić information content (AvgIpc) is 3.28. The molecule has 9 nitrogen and oxygen atoms in total. The smallest absolute Gasteiger partial charge is 0.315 e. The van der Waals surface area contributed by atoms with Gasteiger partial charge in [0.1, 0.15) is 5.76 Å². The van der Waals surface area contributed by atoms with E-state index in [9.17, 15) is 9.59 Å². The van der Waals surface area contributed by atoms with Gasteiger partial charge < -0.3 is 20.5 Å². The lowest BCUT2D eigenvalue weighted by Gasteiger charge is -2.15. The normalized spacial score (nSPS) is 19.3. The van der Waals surface area contributed by atoms with Gasteiger partial charge in [-0.25, -0.2) is 4.79 Å². The maximum atomic E-state index is 12.1. The molecule has 0 aliphatic heterocycles. The van der Waals surface area contributed by atoms with Crippen LogP contribution in [0.4, 0.5) is 10.6 Å². The Morgan fingerprint density at radius 1 is 1.33 bits per heavy atom. The van der Waals surface area contributed by atoms with Crippen molar-refractivity contribution in [1.82, 2.24) is 26.0 Å². The van der Waals surface area contributed by atoms with E-state index in [4.69, 9.17) is 4.52 Å². The Morgan fingerprint density at radius 2 is 2.15 bits per heavy atom. The SMILES string of the molecule is Cc1cc(CC(=O)Nc2cc([C@@H]3CC[C@H](NC(=O)NC(C)C)C3)[nH]n2)on1. The van der Waals surface area contributed by atoms with Crippen LogP contribution in [0.25, 0.3) is 0 Å². The summed E-state index contributed by atoms with van der Waals surface area (Å²) in [5.41, 5.74) is 1.71. The van der Waals surface area contributed by atoms with Gasteiger partial charge in [0.25, 0.3) is 0 Å². The molecule has 0 spiro atoms. The van der Waals surface area contributed by atoms with Gasteiger partial charge in [0.15, 0.2) is 5.82 Å². The van der Waals surface area contributed by atoms with Gasteiger partial charge in [-0.1, -0.05) is 5.16 Å². The van der Waals surface area contributed by atoms with Gasteiger partial charge in [0.05, 0.1) is 12.1 Å². The van der Waals surface area contributed by atoms with Gasteiger partial charge in [-0.2, -0.15) is 5.10 Å². The van der Waals surface area contributed by atoms with Crippen molar-refractivity contribution >= 4 is 17.8 Å². The van der Waals surface area contributed by atoms with Gasteiger partial charge >= 0.3 is 6.03 Å². The molecule has 0 radical (unpaired) electrons. The predicted molar refractivity (Wildman–Crippen MR) is 99.3 cm³/mol. The minimum atomic E-state index is -0.208. The first-order chi connectivity index (χ1) is 12.9. The second kappa shape index (κ2) is 8.24. The lowest BCUT2D eigenvalue weighted by Crippen LogP contribution is -2.43. The van der Waals surface area contributed by atoms with E-state index in [0.717, 1.165) is 30.7 Å². The zero-order valence-electron chi connectivity index (χ0n) is 15.8. The van der Waals surface area contributed by atoms with E-state index < -0.39 is 0 Å². The zero-order valence-corrected chi connectivity index (χ0v) is 15.8. The predicted octanol–water partition coefficient (Wildman–Crippen LogP) is 2.23. The lowest BCUT2D eigenvalue weighted by atomic mass is 10.0. The molecule has 2 heterocycles. The Bertz CT molecular complexity index is 797. The van der Waals surface area contributed by atoms with Crippen molar-refractivity contribution in [2.24, 2.45) is 0 Å². The molecule has 1 fully saturated rings. The van der Waals surface area contributed by atoms with E-state index in [1.807, 2.05) is 19.9 Å². The number of carbonyl (C=O) groups excluding carboxylic acids is 2. The molecule has 2 atom stereocenters. The number of urea groups is 1. The van der Waals surface area contributed by atoms with Crippen LogP contribution < -0.4 is 16.0 Å². The summed E-state index contributed by atoms with van der Waals surface area (Å²) in [5, 5.41) is 19.5. The molecule has 0 unspecified atom stereocenters. The standard InChI is InChI=1S/C18H26N6O3/c1-10(2)19-18(26)20-13-5-4-12(7-13)15-9-16(23-22-15)21-17(25)8-14-6-11(3)24-27-14/h6,9-10,12-13H,4-5,7-8H2,1-3H3,(H2,19,20,26)(H2,21,22,23,25)/t12-,13+/m1/s1. The number of rotatable bonds is 6. The van der Waals surface area contributed by atoms with Crippen LogP contribution in [0.2, 0.25) is 0 Å². The number of aryl methyl sites for hydroxylation is 1. The van der Waals surface area contributed by atoms with Crippen LogP contribution in [0, 0.1) is 6.92 Å². The monoisotopic (exact) mass is 374 g/mol. The number of carbonyl (C=O) groups is 2. The van der Waals surface area contributed by atoms with Crippen LogP contribution in [-0.4, -0.2) is 39.4 Å². The third-order valence-corrected chi connectivity index (χ3v) is 4.50. The maximum absolute atomic E-state index is 12.1. The summed E-state index contributed by atoms with van der Waals surface area (Å²) in [6, 6.07) is 3.71. The molecule has 27 heavy (non-hydrogen) atoms. The molecule has 3 rings (SSSR count). The minimum Gasteiger partial charge on any atom is -0.361 e. The van der Waals surface area contributed by atoms with Gasteiger partial charge in [0, 0.05) is 35.8 Å². The summed E-state index contributed by atoms with van der Waals surface area (Å²) in [7, 11) is 0.